The highest BCUT2D eigenvalue weighted by Crippen LogP contribution is 2.41. The van der Waals surface area contributed by atoms with Crippen LogP contribution in [0.15, 0.2) is 29.3 Å². The summed E-state index contributed by atoms with van der Waals surface area (Å²) in [7, 11) is -3.19. The van der Waals surface area contributed by atoms with Crippen LogP contribution in [0.2, 0.25) is 0 Å². The average molecular weight is 400 g/mol. The number of amidine groups is 1. The van der Waals surface area contributed by atoms with E-state index in [4.69, 9.17) is 5.11 Å². The van der Waals surface area contributed by atoms with Gasteiger partial charge in [0.05, 0.1) is 17.5 Å². The minimum absolute atomic E-state index is 0.0129. The molecule has 2 aliphatic rings. The first kappa shape index (κ1) is 18.8. The van der Waals surface area contributed by atoms with Crippen molar-refractivity contribution in [2.75, 3.05) is 16.4 Å². The summed E-state index contributed by atoms with van der Waals surface area (Å²) in [6.45, 7) is 0. The SMILES string of the molecule is O=C(O)CCCC(=O)N=C1SC2CS(=O)(=O)CC2N1c1cccc(F)c1. The van der Waals surface area contributed by atoms with E-state index in [9.17, 15) is 22.4 Å². The molecule has 2 unspecified atom stereocenters. The molecule has 0 bridgehead atoms. The summed E-state index contributed by atoms with van der Waals surface area (Å²) < 4.78 is 37.5. The van der Waals surface area contributed by atoms with Crippen LogP contribution < -0.4 is 4.90 Å². The molecule has 2 saturated heterocycles. The number of hydrogen-bond donors (Lipinski definition) is 1. The standard InChI is InChI=1S/C16H17FN2O5S2/c17-10-3-1-4-11(7-10)19-12-8-26(23,24)9-13(12)25-16(19)18-14(20)5-2-6-15(21)22/h1,3-4,7,12-13H,2,5-6,8-9H2,(H,21,22). The Labute approximate surface area is 154 Å². The summed E-state index contributed by atoms with van der Waals surface area (Å²) in [6.07, 6.45) is 0.0403. The van der Waals surface area contributed by atoms with Gasteiger partial charge < -0.3 is 10.0 Å². The van der Waals surface area contributed by atoms with E-state index in [2.05, 4.69) is 4.99 Å². The van der Waals surface area contributed by atoms with Crippen LogP contribution in [-0.2, 0) is 19.4 Å². The Morgan fingerprint density at radius 3 is 2.77 bits per heavy atom. The second-order valence-corrected chi connectivity index (χ2v) is 9.55. The Morgan fingerprint density at radius 2 is 2.08 bits per heavy atom. The van der Waals surface area contributed by atoms with E-state index in [1.807, 2.05) is 0 Å². The molecule has 2 atom stereocenters. The van der Waals surface area contributed by atoms with E-state index in [-0.39, 0.29) is 36.0 Å². The van der Waals surface area contributed by atoms with Gasteiger partial charge in [-0.25, -0.2) is 12.8 Å². The van der Waals surface area contributed by atoms with Gasteiger partial charge in [-0.05, 0) is 24.6 Å². The van der Waals surface area contributed by atoms with Gasteiger partial charge in [0.1, 0.15) is 5.82 Å². The molecule has 10 heteroatoms. The van der Waals surface area contributed by atoms with Crippen LogP contribution in [0, 0.1) is 5.82 Å². The monoisotopic (exact) mass is 400 g/mol. The molecule has 26 heavy (non-hydrogen) atoms. The molecular formula is C16H17FN2O5S2. The van der Waals surface area contributed by atoms with E-state index in [0.29, 0.717) is 10.9 Å². The van der Waals surface area contributed by atoms with E-state index >= 15 is 0 Å². The molecule has 2 fully saturated rings. The summed E-state index contributed by atoms with van der Waals surface area (Å²) in [4.78, 5) is 28.3. The lowest BCUT2D eigenvalue weighted by Gasteiger charge is -2.24. The minimum Gasteiger partial charge on any atom is -0.481 e. The van der Waals surface area contributed by atoms with Crippen molar-refractivity contribution in [3.8, 4) is 0 Å². The lowest BCUT2D eigenvalue weighted by molar-refractivity contribution is -0.137. The lowest BCUT2D eigenvalue weighted by atomic mass is 10.2. The van der Waals surface area contributed by atoms with Gasteiger partial charge >= 0.3 is 5.97 Å². The van der Waals surface area contributed by atoms with Gasteiger partial charge in [0.25, 0.3) is 0 Å². The number of nitrogens with zero attached hydrogens (tertiary/aromatic N) is 2. The largest absolute Gasteiger partial charge is 0.481 e. The molecule has 1 aromatic rings. The number of benzene rings is 1. The molecule has 1 amide bonds. The van der Waals surface area contributed by atoms with Crippen molar-refractivity contribution in [1.82, 2.24) is 0 Å². The first-order chi connectivity index (χ1) is 12.2. The second kappa shape index (κ2) is 7.36. The quantitative estimate of drug-likeness (QED) is 0.802. The van der Waals surface area contributed by atoms with E-state index in [0.717, 1.165) is 0 Å². The Balaban J connectivity index is 1.85. The molecule has 0 aromatic heterocycles. The zero-order chi connectivity index (χ0) is 18.9. The van der Waals surface area contributed by atoms with Gasteiger partial charge in [0.2, 0.25) is 5.91 Å². The number of fused-ring (bicyclic) bond motifs is 1. The highest BCUT2D eigenvalue weighted by atomic mass is 32.2. The van der Waals surface area contributed by atoms with Crippen molar-refractivity contribution in [2.24, 2.45) is 4.99 Å². The van der Waals surface area contributed by atoms with E-state index in [1.165, 1.54) is 30.0 Å². The highest BCUT2D eigenvalue weighted by molar-refractivity contribution is 8.16. The molecule has 140 valence electrons. The predicted octanol–water partition coefficient (Wildman–Crippen LogP) is 1.68. The van der Waals surface area contributed by atoms with Gasteiger partial charge in [-0.2, -0.15) is 4.99 Å². The van der Waals surface area contributed by atoms with Crippen molar-refractivity contribution in [1.29, 1.82) is 0 Å². The highest BCUT2D eigenvalue weighted by Gasteiger charge is 2.49. The fourth-order valence-corrected chi connectivity index (χ4v) is 6.98. The number of hydrogen-bond acceptors (Lipinski definition) is 5. The number of halogens is 1. The zero-order valence-corrected chi connectivity index (χ0v) is 15.3. The van der Waals surface area contributed by atoms with Crippen LogP contribution in [0.3, 0.4) is 0 Å². The van der Waals surface area contributed by atoms with Gasteiger partial charge in [-0.3, -0.25) is 9.59 Å². The first-order valence-electron chi connectivity index (χ1n) is 8.00. The molecule has 0 aliphatic carbocycles. The third-order valence-electron chi connectivity index (χ3n) is 4.15. The number of carbonyl (C=O) groups excluding carboxylic acids is 1. The zero-order valence-electron chi connectivity index (χ0n) is 13.7. The molecule has 3 rings (SSSR count). The van der Waals surface area contributed by atoms with Crippen molar-refractivity contribution in [2.45, 2.75) is 30.6 Å². The van der Waals surface area contributed by atoms with Crippen LogP contribution >= 0.6 is 11.8 Å². The number of sulfone groups is 1. The summed E-state index contributed by atoms with van der Waals surface area (Å²) in [5.41, 5.74) is 0.444. The molecule has 0 saturated carbocycles. The lowest BCUT2D eigenvalue weighted by Crippen LogP contribution is -2.37. The molecule has 1 N–H and O–H groups in total. The molecule has 1 aromatic carbocycles. The minimum atomic E-state index is -3.19. The maximum Gasteiger partial charge on any atom is 0.303 e. The maximum atomic E-state index is 13.6. The Hall–Kier alpha value is -1.94. The second-order valence-electron chi connectivity index (χ2n) is 6.19. The summed E-state index contributed by atoms with van der Waals surface area (Å²) in [5, 5.41) is 8.70. The third kappa shape index (κ3) is 4.24. The average Bonchev–Trinajstić information content (AvgIpc) is 2.97. The molecule has 0 spiro atoms. The van der Waals surface area contributed by atoms with Crippen LogP contribution in [0.4, 0.5) is 10.1 Å². The number of anilines is 1. The molecule has 2 heterocycles. The number of aliphatic imine (C=N–C) groups is 1. The normalized spacial score (nSPS) is 25.4. The van der Waals surface area contributed by atoms with E-state index in [1.54, 1.807) is 11.0 Å². The fourth-order valence-electron chi connectivity index (χ4n) is 3.05. The topological polar surface area (TPSA) is 104 Å². The molecule has 0 radical (unpaired) electrons. The number of carbonyl (C=O) groups is 2. The third-order valence-corrected chi connectivity index (χ3v) is 7.36. The van der Waals surface area contributed by atoms with Crippen molar-refractivity contribution in [3.05, 3.63) is 30.1 Å². The van der Waals surface area contributed by atoms with Crippen LogP contribution in [-0.4, -0.2) is 53.4 Å². The number of rotatable bonds is 5. The fraction of sp³-hybridized carbons (Fsp3) is 0.438. The number of amides is 1. The summed E-state index contributed by atoms with van der Waals surface area (Å²) >= 11 is 1.20. The summed E-state index contributed by atoms with van der Waals surface area (Å²) in [6, 6.07) is 5.30. The predicted molar refractivity (Wildman–Crippen MR) is 96.6 cm³/mol. The van der Waals surface area contributed by atoms with Crippen LogP contribution in [0.25, 0.3) is 0 Å². The van der Waals surface area contributed by atoms with Crippen LogP contribution in [0.5, 0.6) is 0 Å². The van der Waals surface area contributed by atoms with Crippen molar-refractivity contribution < 1.29 is 27.5 Å². The van der Waals surface area contributed by atoms with Gasteiger partial charge in [-0.15, -0.1) is 0 Å². The number of carboxylic acid groups (broad SMARTS) is 1. The smallest absolute Gasteiger partial charge is 0.303 e. The maximum absolute atomic E-state index is 13.6. The molecule has 7 nitrogen and oxygen atoms in total. The van der Waals surface area contributed by atoms with Gasteiger partial charge in [-0.1, -0.05) is 17.8 Å². The molecule has 2 aliphatic heterocycles. The Bertz CT molecular complexity index is 871. The number of thioether (sulfide) groups is 1. The number of aliphatic carboxylic acids is 1. The summed E-state index contributed by atoms with van der Waals surface area (Å²) in [5.74, 6) is -2.02. The molecular weight excluding hydrogens is 383 g/mol. The Kier molecular flexibility index (Phi) is 5.33. The van der Waals surface area contributed by atoms with Crippen LogP contribution in [0.1, 0.15) is 19.3 Å². The number of carboxylic acids is 1. The van der Waals surface area contributed by atoms with Crippen molar-refractivity contribution in [3.63, 3.8) is 0 Å². The van der Waals surface area contributed by atoms with Crippen molar-refractivity contribution >= 4 is 44.3 Å². The van der Waals surface area contributed by atoms with E-state index < -0.39 is 33.6 Å². The Morgan fingerprint density at radius 1 is 1.31 bits per heavy atom. The van der Waals surface area contributed by atoms with Gasteiger partial charge in [0, 0.05) is 23.8 Å². The van der Waals surface area contributed by atoms with Gasteiger partial charge in [0.15, 0.2) is 15.0 Å². The first-order valence-corrected chi connectivity index (χ1v) is 10.7.